The summed E-state index contributed by atoms with van der Waals surface area (Å²) in [6.07, 6.45) is 1.23. The second kappa shape index (κ2) is 3.34. The van der Waals surface area contributed by atoms with E-state index in [0.29, 0.717) is 0 Å². The average molecular weight is 193 g/mol. The van der Waals surface area contributed by atoms with Gasteiger partial charge in [0.25, 0.3) is 0 Å². The molecule has 0 radical (unpaired) electrons. The van der Waals surface area contributed by atoms with Gasteiger partial charge in [-0.05, 0) is 12.3 Å². The van der Waals surface area contributed by atoms with Crippen molar-refractivity contribution in [2.24, 2.45) is 11.1 Å². The molecule has 0 bridgehead atoms. The lowest BCUT2D eigenvalue weighted by Gasteiger charge is -2.30. The number of hydrogen-bond acceptors (Lipinski definition) is 3. The Morgan fingerprint density at radius 1 is 1.25 bits per heavy atom. The molecule has 0 saturated heterocycles. The van der Waals surface area contributed by atoms with Crippen LogP contribution in [0.4, 0.5) is 0 Å². The first-order valence-corrected chi connectivity index (χ1v) is 5.96. The molecule has 0 rings (SSSR count). The van der Waals surface area contributed by atoms with Crippen molar-refractivity contribution in [3.8, 4) is 0 Å². The summed E-state index contributed by atoms with van der Waals surface area (Å²) in [5.74, 6) is 0. The molecule has 4 heteroatoms. The molecule has 0 aromatic carbocycles. The van der Waals surface area contributed by atoms with Gasteiger partial charge in [-0.2, -0.15) is 0 Å². The maximum atomic E-state index is 11.1. The van der Waals surface area contributed by atoms with Crippen LogP contribution in [0, 0.1) is 5.41 Å². The van der Waals surface area contributed by atoms with Gasteiger partial charge in [0.2, 0.25) is 0 Å². The van der Waals surface area contributed by atoms with Crippen molar-refractivity contribution in [1.82, 2.24) is 0 Å². The highest BCUT2D eigenvalue weighted by Crippen LogP contribution is 2.22. The normalized spacial score (nSPS) is 18.8. The summed E-state index contributed by atoms with van der Waals surface area (Å²) < 4.78 is 22.3. The van der Waals surface area contributed by atoms with E-state index in [2.05, 4.69) is 0 Å². The molecule has 0 aliphatic rings. The highest BCUT2D eigenvalue weighted by atomic mass is 32.2. The lowest BCUT2D eigenvalue weighted by Crippen LogP contribution is -2.46. The number of nitrogens with two attached hydrogens (primary N) is 1. The van der Waals surface area contributed by atoms with E-state index in [1.807, 2.05) is 20.8 Å². The summed E-state index contributed by atoms with van der Waals surface area (Å²) in [5.41, 5.74) is 5.64. The third-order valence-corrected chi connectivity index (χ3v) is 3.82. The van der Waals surface area contributed by atoms with Gasteiger partial charge >= 0.3 is 0 Å². The molecular weight excluding hydrogens is 174 g/mol. The summed E-state index contributed by atoms with van der Waals surface area (Å²) in [6, 6.07) is -0.313. The molecule has 2 N–H and O–H groups in total. The fourth-order valence-corrected chi connectivity index (χ4v) is 1.91. The van der Waals surface area contributed by atoms with Crippen molar-refractivity contribution in [2.75, 3.05) is 6.26 Å². The molecular formula is C8H19NO2S. The predicted molar refractivity (Wildman–Crippen MR) is 51.7 cm³/mol. The zero-order chi connectivity index (χ0) is 10.2. The van der Waals surface area contributed by atoms with Crippen LogP contribution in [0.2, 0.25) is 0 Å². The number of sulfone groups is 1. The van der Waals surface area contributed by atoms with Gasteiger partial charge in [-0.1, -0.05) is 20.8 Å². The zero-order valence-electron chi connectivity index (χ0n) is 8.46. The Hall–Kier alpha value is -0.0900. The van der Waals surface area contributed by atoms with Gasteiger partial charge in [0, 0.05) is 12.3 Å². The first kappa shape index (κ1) is 11.9. The van der Waals surface area contributed by atoms with Crippen LogP contribution in [0.15, 0.2) is 0 Å². The molecule has 0 heterocycles. The molecule has 0 saturated carbocycles. The topological polar surface area (TPSA) is 60.2 Å². The van der Waals surface area contributed by atoms with Crippen LogP contribution < -0.4 is 5.73 Å². The van der Waals surface area contributed by atoms with Crippen LogP contribution in [0.5, 0.6) is 0 Å². The lowest BCUT2D eigenvalue weighted by atomic mass is 9.86. The van der Waals surface area contributed by atoms with E-state index in [1.54, 1.807) is 6.92 Å². The quantitative estimate of drug-likeness (QED) is 0.705. The van der Waals surface area contributed by atoms with Gasteiger partial charge in [0.1, 0.15) is 0 Å². The van der Waals surface area contributed by atoms with Crippen molar-refractivity contribution in [2.45, 2.75) is 39.0 Å². The Morgan fingerprint density at radius 2 is 1.58 bits per heavy atom. The largest absolute Gasteiger partial charge is 0.326 e. The molecule has 0 aliphatic heterocycles. The van der Waals surface area contributed by atoms with Crippen LogP contribution in [0.1, 0.15) is 27.7 Å². The van der Waals surface area contributed by atoms with E-state index < -0.39 is 15.1 Å². The molecule has 0 spiro atoms. The van der Waals surface area contributed by atoms with E-state index >= 15 is 0 Å². The molecule has 3 nitrogen and oxygen atoms in total. The minimum Gasteiger partial charge on any atom is -0.326 e. The highest BCUT2D eigenvalue weighted by molar-refractivity contribution is 7.91. The molecule has 0 amide bonds. The lowest BCUT2D eigenvalue weighted by molar-refractivity contribution is 0.314. The van der Waals surface area contributed by atoms with Crippen molar-refractivity contribution in [1.29, 1.82) is 0 Å². The van der Waals surface area contributed by atoms with Gasteiger partial charge < -0.3 is 5.73 Å². The van der Waals surface area contributed by atoms with E-state index in [1.165, 1.54) is 6.26 Å². The molecule has 0 aromatic rings. The van der Waals surface area contributed by atoms with Crippen molar-refractivity contribution in [3.05, 3.63) is 0 Å². The molecule has 2 atom stereocenters. The fraction of sp³-hybridized carbons (Fsp3) is 1.00. The van der Waals surface area contributed by atoms with Gasteiger partial charge in [0.15, 0.2) is 9.84 Å². The standard InChI is InChI=1S/C8H19NO2S/c1-6(12(5,10)11)7(9)8(2,3)4/h6-7H,9H2,1-5H3/t6-,7+/m1/s1. The first-order chi connectivity index (χ1) is 5.07. The number of hydrogen-bond donors (Lipinski definition) is 1. The summed E-state index contributed by atoms with van der Waals surface area (Å²) in [7, 11) is -3.01. The Morgan fingerprint density at radius 3 is 1.67 bits per heavy atom. The maximum Gasteiger partial charge on any atom is 0.151 e. The van der Waals surface area contributed by atoms with Crippen LogP contribution in [-0.2, 0) is 9.84 Å². The predicted octanol–water partition coefficient (Wildman–Crippen LogP) is 0.793. The van der Waals surface area contributed by atoms with Crippen LogP contribution >= 0.6 is 0 Å². The third-order valence-electron chi connectivity index (χ3n) is 2.18. The highest BCUT2D eigenvalue weighted by Gasteiger charge is 2.31. The van der Waals surface area contributed by atoms with Gasteiger partial charge in [-0.15, -0.1) is 0 Å². The minimum atomic E-state index is -3.01. The molecule has 12 heavy (non-hydrogen) atoms. The Labute approximate surface area is 75.3 Å². The second-order valence-corrected chi connectivity index (χ2v) is 6.83. The SMILES string of the molecule is C[C@H]([C@H](N)C(C)(C)C)S(C)(=O)=O. The first-order valence-electron chi connectivity index (χ1n) is 4.01. The minimum absolute atomic E-state index is 0.164. The van der Waals surface area contributed by atoms with Crippen molar-refractivity contribution >= 4 is 9.84 Å². The Kier molecular flexibility index (Phi) is 3.32. The van der Waals surface area contributed by atoms with Gasteiger partial charge in [-0.25, -0.2) is 8.42 Å². The summed E-state index contributed by atoms with van der Waals surface area (Å²) in [5, 5.41) is -0.475. The zero-order valence-corrected chi connectivity index (χ0v) is 9.27. The summed E-state index contributed by atoms with van der Waals surface area (Å²) in [6.45, 7) is 7.49. The summed E-state index contributed by atoms with van der Waals surface area (Å²) in [4.78, 5) is 0. The Bertz CT molecular complexity index is 238. The molecule has 0 unspecified atom stereocenters. The molecule has 74 valence electrons. The van der Waals surface area contributed by atoms with Gasteiger partial charge in [0.05, 0.1) is 5.25 Å². The van der Waals surface area contributed by atoms with Crippen LogP contribution in [0.3, 0.4) is 0 Å². The van der Waals surface area contributed by atoms with E-state index in [9.17, 15) is 8.42 Å². The second-order valence-electron chi connectivity index (χ2n) is 4.43. The molecule has 0 fully saturated rings. The summed E-state index contributed by atoms with van der Waals surface area (Å²) >= 11 is 0. The van der Waals surface area contributed by atoms with Crippen LogP contribution in [0.25, 0.3) is 0 Å². The molecule has 0 aromatic heterocycles. The van der Waals surface area contributed by atoms with Crippen molar-refractivity contribution < 1.29 is 8.42 Å². The third kappa shape index (κ3) is 3.11. The van der Waals surface area contributed by atoms with Crippen molar-refractivity contribution in [3.63, 3.8) is 0 Å². The molecule has 0 aliphatic carbocycles. The van der Waals surface area contributed by atoms with Crippen LogP contribution in [-0.4, -0.2) is 26.0 Å². The van der Waals surface area contributed by atoms with E-state index in [0.717, 1.165) is 0 Å². The Balaban J connectivity index is 4.64. The maximum absolute atomic E-state index is 11.1. The van der Waals surface area contributed by atoms with Gasteiger partial charge in [-0.3, -0.25) is 0 Å². The van der Waals surface area contributed by atoms with E-state index in [4.69, 9.17) is 5.73 Å². The average Bonchev–Trinajstić information content (AvgIpc) is 1.80. The van der Waals surface area contributed by atoms with E-state index in [-0.39, 0.29) is 11.5 Å². The fourth-order valence-electron chi connectivity index (χ4n) is 0.970. The smallest absolute Gasteiger partial charge is 0.151 e. The number of rotatable bonds is 2. The monoisotopic (exact) mass is 193 g/mol.